The second-order valence-corrected chi connectivity index (χ2v) is 16.2. The summed E-state index contributed by atoms with van der Waals surface area (Å²) in [6.07, 6.45) is 0. The van der Waals surface area contributed by atoms with Crippen LogP contribution in [0.15, 0.2) is 76.0 Å². The van der Waals surface area contributed by atoms with E-state index in [9.17, 15) is 23.1 Å². The number of nitrogens with one attached hydrogen (secondary N) is 3. The molecule has 0 radical (unpaired) electrons. The molecular formula is C35H43N5O7S3. The Bertz CT molecular complexity index is 1890. The van der Waals surface area contributed by atoms with Gasteiger partial charge in [0.15, 0.2) is 0 Å². The third-order valence-corrected chi connectivity index (χ3v) is 11.4. The van der Waals surface area contributed by atoms with E-state index in [-0.39, 0.29) is 47.2 Å². The monoisotopic (exact) mass is 741 g/mol. The number of benzene rings is 2. The molecule has 50 heavy (non-hydrogen) atoms. The molecule has 0 aliphatic rings. The number of aliphatic hydroxyl groups excluding tert-OH is 2. The second-order valence-electron chi connectivity index (χ2n) is 12.5. The number of rotatable bonds is 16. The van der Waals surface area contributed by atoms with Gasteiger partial charge in [-0.05, 0) is 53.3 Å². The summed E-state index contributed by atoms with van der Waals surface area (Å²) in [6, 6.07) is 17.2. The zero-order valence-corrected chi connectivity index (χ0v) is 30.8. The second kappa shape index (κ2) is 17.3. The lowest BCUT2D eigenvalue weighted by atomic mass is 9.86. The van der Waals surface area contributed by atoms with Gasteiger partial charge in [0.2, 0.25) is 10.0 Å². The van der Waals surface area contributed by atoms with Crippen LogP contribution in [0.4, 0.5) is 0 Å². The van der Waals surface area contributed by atoms with Crippen LogP contribution in [0.5, 0.6) is 5.75 Å². The topological polar surface area (TPSA) is 181 Å². The minimum absolute atomic E-state index is 0.0191. The zero-order chi connectivity index (χ0) is 36.5. The highest BCUT2D eigenvalue weighted by molar-refractivity contribution is 7.89. The van der Waals surface area contributed by atoms with E-state index in [1.807, 2.05) is 12.1 Å². The minimum Gasteiger partial charge on any atom is -0.506 e. The molecule has 2 aromatic carbocycles. The SMILES string of the molecule is C/C(=N\NC(=O)c1ccc(C(=O)NCc2ccc(S(=O)(=O)NCCN(CCO)CCO)cc2)s1)c1csc(-c2ccc(C(C)(C)C)cc2)c1O. The van der Waals surface area contributed by atoms with E-state index in [0.29, 0.717) is 46.2 Å². The van der Waals surface area contributed by atoms with Gasteiger partial charge in [0, 0.05) is 38.1 Å². The molecule has 0 bridgehead atoms. The molecule has 4 aromatic rings. The molecule has 268 valence electrons. The molecule has 15 heteroatoms. The van der Waals surface area contributed by atoms with E-state index >= 15 is 0 Å². The maximum Gasteiger partial charge on any atom is 0.281 e. The highest BCUT2D eigenvalue weighted by atomic mass is 32.2. The van der Waals surface area contributed by atoms with Crippen molar-refractivity contribution in [2.75, 3.05) is 39.4 Å². The quantitative estimate of drug-likeness (QED) is 0.0733. The fourth-order valence-electron chi connectivity index (χ4n) is 4.86. The summed E-state index contributed by atoms with van der Waals surface area (Å²) < 4.78 is 27.8. The number of carbonyl (C=O) groups excluding carboxylic acids is 2. The van der Waals surface area contributed by atoms with Gasteiger partial charge < -0.3 is 20.6 Å². The molecule has 0 aliphatic carbocycles. The summed E-state index contributed by atoms with van der Waals surface area (Å²) in [5, 5.41) is 37.9. The molecule has 2 aromatic heterocycles. The smallest absolute Gasteiger partial charge is 0.281 e. The Morgan fingerprint density at radius 1 is 0.880 bits per heavy atom. The third-order valence-electron chi connectivity index (χ3n) is 7.79. The van der Waals surface area contributed by atoms with Gasteiger partial charge in [0.05, 0.1) is 44.0 Å². The number of hydrogen-bond acceptors (Lipinski definition) is 11. The molecule has 0 saturated heterocycles. The van der Waals surface area contributed by atoms with E-state index < -0.39 is 21.8 Å². The van der Waals surface area contributed by atoms with Gasteiger partial charge in [0.1, 0.15) is 5.75 Å². The normalized spacial score (nSPS) is 12.3. The number of hydrazone groups is 1. The van der Waals surface area contributed by atoms with Crippen molar-refractivity contribution in [2.45, 2.75) is 44.6 Å². The van der Waals surface area contributed by atoms with Crippen LogP contribution in [0.2, 0.25) is 0 Å². The molecule has 0 fully saturated rings. The Kier molecular flexibility index (Phi) is 13.4. The molecular weight excluding hydrogens is 699 g/mol. The first-order chi connectivity index (χ1) is 23.7. The van der Waals surface area contributed by atoms with Gasteiger partial charge in [-0.2, -0.15) is 5.10 Å². The van der Waals surface area contributed by atoms with Crippen LogP contribution in [0.1, 0.15) is 63.7 Å². The largest absolute Gasteiger partial charge is 0.506 e. The molecule has 0 atom stereocenters. The number of amides is 2. The maximum absolute atomic E-state index is 12.8. The summed E-state index contributed by atoms with van der Waals surface area (Å²) in [5.41, 5.74) is 6.21. The van der Waals surface area contributed by atoms with E-state index in [1.165, 1.54) is 41.2 Å². The highest BCUT2D eigenvalue weighted by Gasteiger charge is 2.19. The predicted octanol–water partition coefficient (Wildman–Crippen LogP) is 4.13. The average molecular weight is 742 g/mol. The number of hydrogen-bond donors (Lipinski definition) is 6. The lowest BCUT2D eigenvalue weighted by Crippen LogP contribution is -2.37. The van der Waals surface area contributed by atoms with Crippen LogP contribution in [0, 0.1) is 0 Å². The van der Waals surface area contributed by atoms with E-state index in [4.69, 9.17) is 10.2 Å². The Balaban J connectivity index is 1.28. The summed E-state index contributed by atoms with van der Waals surface area (Å²) >= 11 is 2.39. The fraction of sp³-hybridized carbons (Fsp3) is 0.343. The lowest BCUT2D eigenvalue weighted by Gasteiger charge is -2.20. The average Bonchev–Trinajstić information content (AvgIpc) is 3.73. The van der Waals surface area contributed by atoms with Crippen molar-refractivity contribution in [2.24, 2.45) is 5.10 Å². The van der Waals surface area contributed by atoms with Crippen molar-refractivity contribution < 1.29 is 33.3 Å². The van der Waals surface area contributed by atoms with Gasteiger partial charge in [-0.15, -0.1) is 22.7 Å². The van der Waals surface area contributed by atoms with Crippen LogP contribution in [-0.4, -0.2) is 85.6 Å². The zero-order valence-electron chi connectivity index (χ0n) is 28.4. The summed E-state index contributed by atoms with van der Waals surface area (Å²) in [4.78, 5) is 28.7. The van der Waals surface area contributed by atoms with Crippen LogP contribution in [-0.2, 0) is 22.0 Å². The minimum atomic E-state index is -3.77. The van der Waals surface area contributed by atoms with Crippen molar-refractivity contribution in [3.63, 3.8) is 0 Å². The van der Waals surface area contributed by atoms with Crippen molar-refractivity contribution in [3.8, 4) is 16.2 Å². The Morgan fingerprint density at radius 2 is 1.50 bits per heavy atom. The third kappa shape index (κ3) is 10.3. The first-order valence-electron chi connectivity index (χ1n) is 15.9. The molecule has 12 nitrogen and oxygen atoms in total. The predicted molar refractivity (Wildman–Crippen MR) is 198 cm³/mol. The number of sulfonamides is 1. The molecule has 0 aliphatic heterocycles. The first-order valence-corrected chi connectivity index (χ1v) is 19.1. The van der Waals surface area contributed by atoms with E-state index in [1.54, 1.807) is 29.3 Å². The number of carbonyl (C=O) groups is 2. The first kappa shape index (κ1) is 38.8. The van der Waals surface area contributed by atoms with Crippen molar-refractivity contribution in [3.05, 3.63) is 92.5 Å². The van der Waals surface area contributed by atoms with Crippen LogP contribution >= 0.6 is 22.7 Å². The molecule has 0 saturated carbocycles. The van der Waals surface area contributed by atoms with Crippen LogP contribution in [0.25, 0.3) is 10.4 Å². The highest BCUT2D eigenvalue weighted by Crippen LogP contribution is 2.39. The fourth-order valence-corrected chi connectivity index (χ4v) is 7.71. The van der Waals surface area contributed by atoms with E-state index in [0.717, 1.165) is 16.9 Å². The molecule has 2 amide bonds. The van der Waals surface area contributed by atoms with Crippen LogP contribution < -0.4 is 15.5 Å². The van der Waals surface area contributed by atoms with Gasteiger partial charge in [-0.3, -0.25) is 14.5 Å². The number of thiophene rings is 2. The Morgan fingerprint density at radius 3 is 2.10 bits per heavy atom. The van der Waals surface area contributed by atoms with E-state index in [2.05, 4.69) is 53.5 Å². The van der Waals surface area contributed by atoms with Gasteiger partial charge in [0.25, 0.3) is 11.8 Å². The molecule has 6 N–H and O–H groups in total. The van der Waals surface area contributed by atoms with Crippen LogP contribution in [0.3, 0.4) is 0 Å². The molecule has 0 unspecified atom stereocenters. The van der Waals surface area contributed by atoms with Crippen molar-refractivity contribution in [1.82, 2.24) is 20.4 Å². The standard InChI is InChI=1S/C35H43N5O7S3/c1-23(28-22-48-32(31(28)43)25-7-9-26(10-8-25)35(2,3)4)38-39-34(45)30-14-13-29(49-30)33(44)36-21-24-5-11-27(12-6-24)50(46,47)37-15-16-40(17-19-41)18-20-42/h5-14,22,37,41-43H,15-21H2,1-4H3,(H,36,44)(H,39,45)/b38-23+. The lowest BCUT2D eigenvalue weighted by molar-refractivity contribution is 0.0950. The van der Waals surface area contributed by atoms with Gasteiger partial charge >= 0.3 is 0 Å². The number of aromatic hydroxyl groups is 1. The molecule has 4 rings (SSSR count). The maximum atomic E-state index is 12.8. The summed E-state index contributed by atoms with van der Waals surface area (Å²) in [6.45, 7) is 9.16. The van der Waals surface area contributed by atoms with Gasteiger partial charge in [-0.1, -0.05) is 57.2 Å². The molecule has 2 heterocycles. The molecule has 0 spiro atoms. The summed E-state index contributed by atoms with van der Waals surface area (Å²) in [7, 11) is -3.77. The number of aliphatic hydroxyl groups is 2. The summed E-state index contributed by atoms with van der Waals surface area (Å²) in [5.74, 6) is -0.802. The van der Waals surface area contributed by atoms with Gasteiger partial charge in [-0.25, -0.2) is 18.6 Å². The van der Waals surface area contributed by atoms with Crippen molar-refractivity contribution in [1.29, 1.82) is 0 Å². The Labute approximate surface area is 300 Å². The number of nitrogens with zero attached hydrogens (tertiary/aromatic N) is 2. The Hall–Kier alpha value is -3.96. The van der Waals surface area contributed by atoms with Crippen molar-refractivity contribution >= 4 is 50.2 Å².